The maximum atomic E-state index is 14.2. The van der Waals surface area contributed by atoms with Gasteiger partial charge in [-0.1, -0.05) is 24.8 Å². The average molecular weight is 523 g/mol. The standard InChI is InChI=1S/C18H25FN4O4S.C4H5F3/c1-4-14-10-13(11-15(19)18(14)23-28(3,25)26)12-22-17(24)7-5-6-16(20)21-8-9-27-2;1-2-3-4(5,6)7/h4-5,7,10-11,23H,1,6,8-9,12H2,2-3H3,(H2,20,21)(H,22,24);2-3H,1H3/b7-5+;3-2+. The van der Waals surface area contributed by atoms with E-state index < -0.39 is 22.0 Å². The van der Waals surface area contributed by atoms with Crippen LogP contribution in [0.25, 0.3) is 6.08 Å². The van der Waals surface area contributed by atoms with Gasteiger partial charge in [-0.3, -0.25) is 14.5 Å². The SMILES string of the molecule is C/C=C/C(F)(F)F.C=Cc1cc(CNC(=O)/C=C/CC(N)=NCCOC)cc(F)c1NS(C)(=O)=O. The number of benzene rings is 1. The van der Waals surface area contributed by atoms with E-state index in [0.717, 1.165) is 18.4 Å². The number of halogens is 4. The molecular weight excluding hydrogens is 492 g/mol. The molecule has 0 heterocycles. The van der Waals surface area contributed by atoms with Crippen LogP contribution in [-0.2, 0) is 26.1 Å². The van der Waals surface area contributed by atoms with Gasteiger partial charge in [-0.2, -0.15) is 13.2 Å². The fourth-order valence-electron chi connectivity index (χ4n) is 2.31. The highest BCUT2D eigenvalue weighted by molar-refractivity contribution is 7.92. The number of alkyl halides is 3. The van der Waals surface area contributed by atoms with Crippen LogP contribution in [0, 0.1) is 5.82 Å². The zero-order valence-electron chi connectivity index (χ0n) is 19.7. The van der Waals surface area contributed by atoms with Crippen molar-refractivity contribution in [3.05, 3.63) is 60.0 Å². The number of carbonyl (C=O) groups excluding carboxylic acids is 1. The van der Waals surface area contributed by atoms with Gasteiger partial charge in [-0.15, -0.1) is 0 Å². The van der Waals surface area contributed by atoms with Gasteiger partial charge in [-0.25, -0.2) is 12.8 Å². The van der Waals surface area contributed by atoms with E-state index in [-0.39, 0.29) is 29.8 Å². The molecule has 1 aromatic carbocycles. The molecule has 0 unspecified atom stereocenters. The second kappa shape index (κ2) is 15.7. The molecule has 8 nitrogen and oxygen atoms in total. The number of anilines is 1. The first-order chi connectivity index (χ1) is 16.2. The second-order valence-corrected chi connectivity index (χ2v) is 8.60. The highest BCUT2D eigenvalue weighted by atomic mass is 32.2. The topological polar surface area (TPSA) is 123 Å². The fourth-order valence-corrected chi connectivity index (χ4v) is 2.90. The lowest BCUT2D eigenvalue weighted by Crippen LogP contribution is -2.21. The van der Waals surface area contributed by atoms with Crippen molar-refractivity contribution in [2.75, 3.05) is 31.2 Å². The maximum Gasteiger partial charge on any atom is 0.409 e. The zero-order chi connectivity index (χ0) is 27.1. The van der Waals surface area contributed by atoms with Crippen LogP contribution in [0.15, 0.2) is 48.0 Å². The molecule has 35 heavy (non-hydrogen) atoms. The Morgan fingerprint density at radius 3 is 2.46 bits per heavy atom. The Morgan fingerprint density at radius 2 is 1.97 bits per heavy atom. The first-order valence-electron chi connectivity index (χ1n) is 10.1. The van der Waals surface area contributed by atoms with Gasteiger partial charge in [0.1, 0.15) is 5.82 Å². The Labute approximate surface area is 202 Å². The highest BCUT2D eigenvalue weighted by Crippen LogP contribution is 2.24. The molecule has 1 rings (SSSR count). The van der Waals surface area contributed by atoms with E-state index >= 15 is 0 Å². The third-order valence-electron chi connectivity index (χ3n) is 3.72. The number of hydrogen-bond acceptors (Lipinski definition) is 5. The fraction of sp³-hybridized carbons (Fsp3) is 0.364. The predicted octanol–water partition coefficient (Wildman–Crippen LogP) is 3.53. The van der Waals surface area contributed by atoms with E-state index in [0.29, 0.717) is 31.0 Å². The van der Waals surface area contributed by atoms with Crippen molar-refractivity contribution < 1.29 is 35.5 Å². The van der Waals surface area contributed by atoms with Crippen LogP contribution in [0.3, 0.4) is 0 Å². The number of methoxy groups -OCH3 is 1. The van der Waals surface area contributed by atoms with Gasteiger partial charge < -0.3 is 15.8 Å². The van der Waals surface area contributed by atoms with Crippen molar-refractivity contribution in [1.82, 2.24) is 5.32 Å². The van der Waals surface area contributed by atoms with Crippen LogP contribution in [0.5, 0.6) is 0 Å². The monoisotopic (exact) mass is 522 g/mol. The molecule has 1 aromatic rings. The quantitative estimate of drug-likeness (QED) is 0.102. The Morgan fingerprint density at radius 1 is 1.31 bits per heavy atom. The molecule has 196 valence electrons. The van der Waals surface area contributed by atoms with Crippen LogP contribution >= 0.6 is 0 Å². The normalized spacial score (nSPS) is 12.4. The number of carbonyl (C=O) groups is 1. The molecule has 0 atom stereocenters. The summed E-state index contributed by atoms with van der Waals surface area (Å²) in [6.45, 7) is 5.84. The van der Waals surface area contributed by atoms with Crippen molar-refractivity contribution in [1.29, 1.82) is 0 Å². The number of allylic oxidation sites excluding steroid dienone is 2. The van der Waals surface area contributed by atoms with Gasteiger partial charge in [0.2, 0.25) is 15.9 Å². The summed E-state index contributed by atoms with van der Waals surface area (Å²) in [4.78, 5) is 15.9. The number of hydrogen-bond donors (Lipinski definition) is 3. The molecule has 0 fully saturated rings. The van der Waals surface area contributed by atoms with Crippen molar-refractivity contribution in [3.63, 3.8) is 0 Å². The lowest BCUT2D eigenvalue weighted by atomic mass is 10.1. The summed E-state index contributed by atoms with van der Waals surface area (Å²) in [5.41, 5.74) is 6.22. The van der Waals surface area contributed by atoms with Crippen molar-refractivity contribution in [2.45, 2.75) is 26.1 Å². The number of amides is 1. The summed E-state index contributed by atoms with van der Waals surface area (Å²) in [5, 5.41) is 2.61. The highest BCUT2D eigenvalue weighted by Gasteiger charge is 2.20. The van der Waals surface area contributed by atoms with E-state index in [1.54, 1.807) is 13.2 Å². The largest absolute Gasteiger partial charge is 0.409 e. The molecule has 13 heteroatoms. The number of ether oxygens (including phenoxy) is 1. The Bertz CT molecular complexity index is 1040. The summed E-state index contributed by atoms with van der Waals surface area (Å²) < 4.78 is 76.8. The van der Waals surface area contributed by atoms with Crippen LogP contribution in [0.1, 0.15) is 24.5 Å². The number of nitrogens with zero attached hydrogens (tertiary/aromatic N) is 1. The predicted molar refractivity (Wildman–Crippen MR) is 130 cm³/mol. The Kier molecular flexibility index (Phi) is 14.2. The van der Waals surface area contributed by atoms with Crippen LogP contribution in [-0.4, -0.2) is 52.9 Å². The van der Waals surface area contributed by atoms with Gasteiger partial charge >= 0.3 is 6.18 Å². The minimum atomic E-state index is -4.13. The lowest BCUT2D eigenvalue weighted by Gasteiger charge is -2.12. The Balaban J connectivity index is 0.00000143. The van der Waals surface area contributed by atoms with Gasteiger partial charge in [0.25, 0.3) is 0 Å². The van der Waals surface area contributed by atoms with Crippen molar-refractivity contribution in [3.8, 4) is 0 Å². The number of rotatable bonds is 11. The molecular formula is C22H30F4N4O4S. The molecule has 0 radical (unpaired) electrons. The van der Waals surface area contributed by atoms with E-state index in [9.17, 15) is 30.8 Å². The maximum absolute atomic E-state index is 14.2. The van der Waals surface area contributed by atoms with Gasteiger partial charge in [-0.05, 0) is 30.7 Å². The van der Waals surface area contributed by atoms with Crippen LogP contribution in [0.4, 0.5) is 23.2 Å². The number of sulfonamides is 1. The van der Waals surface area contributed by atoms with Crippen LogP contribution < -0.4 is 15.8 Å². The van der Waals surface area contributed by atoms with Gasteiger partial charge in [0, 0.05) is 31.7 Å². The summed E-state index contributed by atoms with van der Waals surface area (Å²) in [6, 6.07) is 2.68. The number of nitrogens with two attached hydrogens (primary N) is 1. The van der Waals surface area contributed by atoms with E-state index in [2.05, 4.69) is 21.6 Å². The van der Waals surface area contributed by atoms with Gasteiger partial charge in [0.05, 0.1) is 30.9 Å². The minimum Gasteiger partial charge on any atom is -0.387 e. The Hall–Kier alpha value is -3.19. The summed E-state index contributed by atoms with van der Waals surface area (Å²) >= 11 is 0. The molecule has 0 bridgehead atoms. The van der Waals surface area contributed by atoms with Crippen molar-refractivity contribution >= 4 is 33.5 Å². The van der Waals surface area contributed by atoms with E-state index in [1.165, 1.54) is 25.1 Å². The molecule has 0 aliphatic heterocycles. The number of nitrogens with one attached hydrogen (secondary N) is 2. The molecule has 1 amide bonds. The summed E-state index contributed by atoms with van der Waals surface area (Å²) in [6.07, 6.45) is 2.46. The number of amidine groups is 1. The van der Waals surface area contributed by atoms with Gasteiger partial charge in [0.15, 0.2) is 0 Å². The third kappa shape index (κ3) is 16.1. The molecule has 0 saturated heterocycles. The van der Waals surface area contributed by atoms with Crippen LogP contribution in [0.2, 0.25) is 0 Å². The van der Waals surface area contributed by atoms with E-state index in [4.69, 9.17) is 10.5 Å². The van der Waals surface area contributed by atoms with Crippen molar-refractivity contribution in [2.24, 2.45) is 10.7 Å². The molecule has 0 saturated carbocycles. The lowest BCUT2D eigenvalue weighted by molar-refractivity contribution is -0.116. The average Bonchev–Trinajstić information content (AvgIpc) is 2.72. The second-order valence-electron chi connectivity index (χ2n) is 6.85. The minimum absolute atomic E-state index is 0.0531. The smallest absolute Gasteiger partial charge is 0.387 e. The summed E-state index contributed by atoms with van der Waals surface area (Å²) in [5.74, 6) is -0.765. The molecule has 4 N–H and O–H groups in total. The first kappa shape index (κ1) is 31.8. The van der Waals surface area contributed by atoms with E-state index in [1.807, 2.05) is 0 Å². The summed E-state index contributed by atoms with van der Waals surface area (Å²) in [7, 11) is -2.07. The third-order valence-corrected chi connectivity index (χ3v) is 4.29. The molecule has 0 aliphatic rings. The first-order valence-corrected chi connectivity index (χ1v) is 12.0. The zero-order valence-corrected chi connectivity index (χ0v) is 20.5. The molecule has 0 aliphatic carbocycles. The molecule has 0 aromatic heterocycles. The number of aliphatic imine (C=N–C) groups is 1. The molecule has 0 spiro atoms.